The normalized spacial score (nSPS) is 26.1. The van der Waals surface area contributed by atoms with Crippen LogP contribution < -0.4 is 5.32 Å². The molecule has 1 aliphatic rings. The molecule has 1 saturated heterocycles. The molecular formula is C13H16N2S. The Morgan fingerprint density at radius 1 is 1.44 bits per heavy atom. The van der Waals surface area contributed by atoms with Crippen LogP contribution in [0.2, 0.25) is 0 Å². The van der Waals surface area contributed by atoms with Crippen LogP contribution in [-0.2, 0) is 0 Å². The lowest BCUT2D eigenvalue weighted by molar-refractivity contribution is 0.381. The van der Waals surface area contributed by atoms with E-state index in [1.165, 1.54) is 23.1 Å². The number of rotatable bonds is 1. The van der Waals surface area contributed by atoms with Crippen molar-refractivity contribution in [2.75, 3.05) is 6.54 Å². The molecule has 0 radical (unpaired) electrons. The minimum Gasteiger partial charge on any atom is -0.314 e. The molecule has 0 amide bonds. The zero-order valence-corrected chi connectivity index (χ0v) is 10.3. The van der Waals surface area contributed by atoms with Crippen molar-refractivity contribution in [2.45, 2.75) is 31.7 Å². The Labute approximate surface area is 99.7 Å². The second-order valence-corrected chi connectivity index (χ2v) is 5.54. The van der Waals surface area contributed by atoms with Crippen LogP contribution >= 0.6 is 11.3 Å². The van der Waals surface area contributed by atoms with Gasteiger partial charge in [-0.2, -0.15) is 0 Å². The summed E-state index contributed by atoms with van der Waals surface area (Å²) in [5.74, 6) is 0.711. The maximum absolute atomic E-state index is 4.40. The molecule has 0 spiro atoms. The van der Waals surface area contributed by atoms with E-state index in [9.17, 15) is 0 Å². The van der Waals surface area contributed by atoms with E-state index in [2.05, 4.69) is 35.4 Å². The van der Waals surface area contributed by atoms with Crippen LogP contribution in [0.4, 0.5) is 0 Å². The lowest BCUT2D eigenvalue weighted by atomic mass is 9.87. The maximum atomic E-state index is 4.40. The number of thiazole rings is 1. The van der Waals surface area contributed by atoms with Gasteiger partial charge in [0.25, 0.3) is 0 Å². The molecule has 1 aliphatic heterocycles. The van der Waals surface area contributed by atoms with Crippen LogP contribution in [-0.4, -0.2) is 17.6 Å². The molecule has 1 aromatic heterocycles. The quantitative estimate of drug-likeness (QED) is 0.817. The predicted molar refractivity (Wildman–Crippen MR) is 69.1 cm³/mol. The highest BCUT2D eigenvalue weighted by Crippen LogP contribution is 2.30. The summed E-state index contributed by atoms with van der Waals surface area (Å²) in [5, 5.41) is 3.50. The van der Waals surface area contributed by atoms with Gasteiger partial charge in [-0.1, -0.05) is 6.07 Å². The third-order valence-electron chi connectivity index (χ3n) is 3.45. The number of nitrogens with zero attached hydrogens (tertiary/aromatic N) is 1. The molecular weight excluding hydrogens is 216 g/mol. The van der Waals surface area contributed by atoms with Crippen molar-refractivity contribution in [3.63, 3.8) is 0 Å². The monoisotopic (exact) mass is 232 g/mol. The minimum absolute atomic E-state index is 0.643. The Morgan fingerprint density at radius 3 is 3.25 bits per heavy atom. The van der Waals surface area contributed by atoms with Crippen molar-refractivity contribution in [1.29, 1.82) is 0 Å². The second kappa shape index (κ2) is 4.15. The van der Waals surface area contributed by atoms with E-state index in [0.717, 1.165) is 12.1 Å². The maximum Gasteiger partial charge on any atom is 0.0814 e. The van der Waals surface area contributed by atoms with Crippen LogP contribution in [0.3, 0.4) is 0 Å². The lowest BCUT2D eigenvalue weighted by Crippen LogP contribution is -2.34. The van der Waals surface area contributed by atoms with Crippen molar-refractivity contribution >= 4 is 21.6 Å². The molecule has 0 bridgehead atoms. The van der Waals surface area contributed by atoms with Gasteiger partial charge in [-0.15, -0.1) is 11.3 Å². The predicted octanol–water partition coefficient (Wildman–Crippen LogP) is 3.15. The van der Waals surface area contributed by atoms with Gasteiger partial charge >= 0.3 is 0 Å². The molecule has 1 aromatic carbocycles. The zero-order valence-electron chi connectivity index (χ0n) is 9.44. The Bertz CT molecular complexity index is 491. The summed E-state index contributed by atoms with van der Waals surface area (Å²) < 4.78 is 1.30. The molecule has 0 saturated carbocycles. The van der Waals surface area contributed by atoms with Crippen molar-refractivity contribution in [2.24, 2.45) is 0 Å². The first kappa shape index (κ1) is 10.2. The average Bonchev–Trinajstić information content (AvgIpc) is 2.75. The zero-order chi connectivity index (χ0) is 11.0. The summed E-state index contributed by atoms with van der Waals surface area (Å²) in [6.07, 6.45) is 2.50. The fourth-order valence-electron chi connectivity index (χ4n) is 2.56. The first-order valence-electron chi connectivity index (χ1n) is 5.89. The second-order valence-electron chi connectivity index (χ2n) is 4.66. The third-order valence-corrected chi connectivity index (χ3v) is 4.26. The van der Waals surface area contributed by atoms with E-state index in [0.29, 0.717) is 12.0 Å². The number of hydrogen-bond acceptors (Lipinski definition) is 3. The van der Waals surface area contributed by atoms with E-state index in [4.69, 9.17) is 0 Å². The van der Waals surface area contributed by atoms with Crippen LogP contribution in [0.15, 0.2) is 23.7 Å². The van der Waals surface area contributed by atoms with Crippen LogP contribution in [0.25, 0.3) is 10.2 Å². The van der Waals surface area contributed by atoms with Crippen molar-refractivity contribution in [3.8, 4) is 0 Å². The first-order chi connectivity index (χ1) is 7.83. The van der Waals surface area contributed by atoms with Crippen LogP contribution in [0.1, 0.15) is 31.2 Å². The van der Waals surface area contributed by atoms with E-state index in [1.807, 2.05) is 5.51 Å². The van der Waals surface area contributed by atoms with Crippen molar-refractivity contribution < 1.29 is 0 Å². The smallest absolute Gasteiger partial charge is 0.0814 e. The summed E-state index contributed by atoms with van der Waals surface area (Å²) in [4.78, 5) is 4.40. The first-order valence-corrected chi connectivity index (χ1v) is 6.77. The SMILES string of the molecule is CC1CC(c2ccc3scnc3c2)CCN1. The van der Waals surface area contributed by atoms with E-state index in [-0.39, 0.29) is 0 Å². The molecule has 1 N–H and O–H groups in total. The Hall–Kier alpha value is -0.930. The Kier molecular flexibility index (Phi) is 2.65. The van der Waals surface area contributed by atoms with E-state index in [1.54, 1.807) is 11.3 Å². The van der Waals surface area contributed by atoms with Crippen LogP contribution in [0, 0.1) is 0 Å². The molecule has 2 heterocycles. The lowest BCUT2D eigenvalue weighted by Gasteiger charge is -2.28. The summed E-state index contributed by atoms with van der Waals surface area (Å²) in [6.45, 7) is 3.41. The third kappa shape index (κ3) is 1.85. The minimum atomic E-state index is 0.643. The standard InChI is InChI=1S/C13H16N2S/c1-9-6-11(4-5-14-9)10-2-3-13-12(7-10)15-8-16-13/h2-3,7-9,11,14H,4-6H2,1H3. The van der Waals surface area contributed by atoms with Gasteiger partial charge in [0.2, 0.25) is 0 Å². The van der Waals surface area contributed by atoms with Gasteiger partial charge in [0.15, 0.2) is 0 Å². The van der Waals surface area contributed by atoms with Crippen molar-refractivity contribution in [3.05, 3.63) is 29.3 Å². The summed E-state index contributed by atoms with van der Waals surface area (Å²) in [6, 6.07) is 7.41. The molecule has 2 aromatic rings. The molecule has 16 heavy (non-hydrogen) atoms. The Morgan fingerprint density at radius 2 is 2.38 bits per heavy atom. The number of piperidine rings is 1. The highest BCUT2D eigenvalue weighted by Gasteiger charge is 2.20. The Balaban J connectivity index is 1.92. The van der Waals surface area contributed by atoms with Gasteiger partial charge in [0.1, 0.15) is 0 Å². The molecule has 84 valence electrons. The number of aromatic nitrogens is 1. The highest BCUT2D eigenvalue weighted by molar-refractivity contribution is 7.16. The van der Waals surface area contributed by atoms with Gasteiger partial charge in [0, 0.05) is 6.04 Å². The molecule has 3 rings (SSSR count). The van der Waals surface area contributed by atoms with E-state index < -0.39 is 0 Å². The average molecular weight is 232 g/mol. The molecule has 2 unspecified atom stereocenters. The molecule has 3 heteroatoms. The van der Waals surface area contributed by atoms with Gasteiger partial charge in [0.05, 0.1) is 15.7 Å². The highest BCUT2D eigenvalue weighted by atomic mass is 32.1. The van der Waals surface area contributed by atoms with Gasteiger partial charge in [-0.05, 0) is 49.9 Å². The number of fused-ring (bicyclic) bond motifs is 1. The molecule has 0 aliphatic carbocycles. The van der Waals surface area contributed by atoms with Crippen molar-refractivity contribution in [1.82, 2.24) is 10.3 Å². The fourth-order valence-corrected chi connectivity index (χ4v) is 3.22. The summed E-state index contributed by atoms with van der Waals surface area (Å²) in [7, 11) is 0. The van der Waals surface area contributed by atoms with Crippen LogP contribution in [0.5, 0.6) is 0 Å². The van der Waals surface area contributed by atoms with Gasteiger partial charge in [-0.25, -0.2) is 4.98 Å². The van der Waals surface area contributed by atoms with Gasteiger partial charge in [-0.3, -0.25) is 0 Å². The fraction of sp³-hybridized carbons (Fsp3) is 0.462. The number of hydrogen-bond donors (Lipinski definition) is 1. The largest absolute Gasteiger partial charge is 0.314 e. The number of nitrogens with one attached hydrogen (secondary N) is 1. The molecule has 2 nitrogen and oxygen atoms in total. The molecule has 2 atom stereocenters. The summed E-state index contributed by atoms with van der Waals surface area (Å²) >= 11 is 1.72. The van der Waals surface area contributed by atoms with E-state index >= 15 is 0 Å². The number of benzene rings is 1. The molecule has 1 fully saturated rings. The topological polar surface area (TPSA) is 24.9 Å². The summed E-state index contributed by atoms with van der Waals surface area (Å²) in [5.41, 5.74) is 4.56. The van der Waals surface area contributed by atoms with Gasteiger partial charge < -0.3 is 5.32 Å².